The molecule has 1 unspecified atom stereocenters. The maximum absolute atomic E-state index is 12.7. The highest BCUT2D eigenvalue weighted by molar-refractivity contribution is 5.94. The second-order valence-corrected chi connectivity index (χ2v) is 7.70. The van der Waals surface area contributed by atoms with Crippen LogP contribution in [0.4, 0.5) is 16.2 Å². The van der Waals surface area contributed by atoms with E-state index in [1.54, 1.807) is 6.07 Å². The third-order valence-corrected chi connectivity index (χ3v) is 5.22. The van der Waals surface area contributed by atoms with Crippen LogP contribution in [-0.4, -0.2) is 11.9 Å². The van der Waals surface area contributed by atoms with Gasteiger partial charge in [-0.25, -0.2) is 4.79 Å². The monoisotopic (exact) mass is 415 g/mol. The maximum Gasteiger partial charge on any atom is 0.319 e. The van der Waals surface area contributed by atoms with Crippen LogP contribution < -0.4 is 20.7 Å². The summed E-state index contributed by atoms with van der Waals surface area (Å²) in [5.74, 6) is 1.32. The molecule has 1 aliphatic heterocycles. The fourth-order valence-corrected chi connectivity index (χ4v) is 3.58. The Labute approximate surface area is 181 Å². The Hall–Kier alpha value is -3.80. The van der Waals surface area contributed by atoms with E-state index in [0.29, 0.717) is 30.0 Å². The lowest BCUT2D eigenvalue weighted by Gasteiger charge is -2.21. The standard InChI is InChI=1S/C25H25N3O3/c1-16-6-5-7-20(14-16)31-23-9-4-3-8-22(23)28-25(30)26-17(2)18-10-12-21-19(15-18)11-13-24(29)27-21/h3-10,12,14-15,17H,11,13H2,1-2H3,(H,27,29)(H2,26,28,30). The van der Waals surface area contributed by atoms with Crippen LogP contribution >= 0.6 is 0 Å². The van der Waals surface area contributed by atoms with Crippen LogP contribution in [0.25, 0.3) is 0 Å². The smallest absolute Gasteiger partial charge is 0.319 e. The Morgan fingerprint density at radius 1 is 1.03 bits per heavy atom. The molecule has 0 saturated carbocycles. The molecule has 0 bridgehead atoms. The minimum atomic E-state index is -0.321. The number of carbonyl (C=O) groups excluding carboxylic acids is 2. The van der Waals surface area contributed by atoms with Gasteiger partial charge >= 0.3 is 6.03 Å². The molecule has 3 aromatic rings. The lowest BCUT2D eigenvalue weighted by Crippen LogP contribution is -2.31. The first-order valence-electron chi connectivity index (χ1n) is 10.3. The molecule has 6 heteroatoms. The largest absolute Gasteiger partial charge is 0.455 e. The lowest BCUT2D eigenvalue weighted by molar-refractivity contribution is -0.116. The molecule has 1 aliphatic rings. The molecule has 0 fully saturated rings. The van der Waals surface area contributed by atoms with Gasteiger partial charge in [-0.1, -0.05) is 36.4 Å². The van der Waals surface area contributed by atoms with Crippen molar-refractivity contribution in [2.45, 2.75) is 32.7 Å². The van der Waals surface area contributed by atoms with Crippen molar-refractivity contribution in [1.29, 1.82) is 0 Å². The topological polar surface area (TPSA) is 79.5 Å². The van der Waals surface area contributed by atoms with E-state index in [4.69, 9.17) is 4.74 Å². The number of carbonyl (C=O) groups is 2. The van der Waals surface area contributed by atoms with Crippen LogP contribution in [0.3, 0.4) is 0 Å². The third-order valence-electron chi connectivity index (χ3n) is 5.22. The van der Waals surface area contributed by atoms with Crippen molar-refractivity contribution in [3.05, 3.63) is 83.4 Å². The highest BCUT2D eigenvalue weighted by Gasteiger charge is 2.17. The van der Waals surface area contributed by atoms with E-state index in [2.05, 4.69) is 16.0 Å². The number of rotatable bonds is 5. The molecule has 1 heterocycles. The molecular formula is C25H25N3O3. The summed E-state index contributed by atoms with van der Waals surface area (Å²) in [6, 6.07) is 20.4. The molecule has 0 saturated heterocycles. The van der Waals surface area contributed by atoms with Gasteiger partial charge in [-0.3, -0.25) is 4.79 Å². The van der Waals surface area contributed by atoms with E-state index in [1.165, 1.54) is 0 Å². The van der Waals surface area contributed by atoms with Gasteiger partial charge in [0.15, 0.2) is 5.75 Å². The quantitative estimate of drug-likeness (QED) is 0.511. The van der Waals surface area contributed by atoms with Gasteiger partial charge in [-0.05, 0) is 67.3 Å². The fraction of sp³-hybridized carbons (Fsp3) is 0.200. The molecule has 0 radical (unpaired) electrons. The van der Waals surface area contributed by atoms with E-state index in [1.807, 2.05) is 74.5 Å². The Morgan fingerprint density at radius 2 is 1.87 bits per heavy atom. The molecular weight excluding hydrogens is 390 g/mol. The van der Waals surface area contributed by atoms with Crippen LogP contribution in [0.1, 0.15) is 36.1 Å². The minimum absolute atomic E-state index is 0.0392. The van der Waals surface area contributed by atoms with Crippen LogP contribution in [0.2, 0.25) is 0 Å². The van der Waals surface area contributed by atoms with Gasteiger partial charge in [0.2, 0.25) is 5.91 Å². The highest BCUT2D eigenvalue weighted by Crippen LogP contribution is 2.30. The van der Waals surface area contributed by atoms with Gasteiger partial charge in [0.05, 0.1) is 11.7 Å². The number of amides is 3. The number of ether oxygens (including phenoxy) is 1. The maximum atomic E-state index is 12.7. The van der Waals surface area contributed by atoms with Gasteiger partial charge in [-0.2, -0.15) is 0 Å². The predicted molar refractivity (Wildman–Crippen MR) is 122 cm³/mol. The van der Waals surface area contributed by atoms with Crippen molar-refractivity contribution < 1.29 is 14.3 Å². The molecule has 4 rings (SSSR count). The summed E-state index contributed by atoms with van der Waals surface area (Å²) in [5, 5.41) is 8.73. The van der Waals surface area contributed by atoms with Gasteiger partial charge in [0.1, 0.15) is 5.75 Å². The second-order valence-electron chi connectivity index (χ2n) is 7.70. The Bertz CT molecular complexity index is 1130. The number of aryl methyl sites for hydroxylation is 2. The number of nitrogens with one attached hydrogen (secondary N) is 3. The molecule has 0 spiro atoms. The molecule has 1 atom stereocenters. The van der Waals surface area contributed by atoms with Gasteiger partial charge in [0, 0.05) is 12.1 Å². The summed E-state index contributed by atoms with van der Waals surface area (Å²) in [7, 11) is 0. The van der Waals surface area contributed by atoms with Crippen LogP contribution in [0.5, 0.6) is 11.5 Å². The zero-order valence-corrected chi connectivity index (χ0v) is 17.6. The summed E-state index contributed by atoms with van der Waals surface area (Å²) in [6.07, 6.45) is 1.19. The molecule has 3 aromatic carbocycles. The van der Waals surface area contributed by atoms with Gasteiger partial charge in [0.25, 0.3) is 0 Å². The van der Waals surface area contributed by atoms with E-state index in [9.17, 15) is 9.59 Å². The van der Waals surface area contributed by atoms with Crippen molar-refractivity contribution >= 4 is 23.3 Å². The second kappa shape index (κ2) is 8.92. The molecule has 31 heavy (non-hydrogen) atoms. The number of benzene rings is 3. The molecule has 158 valence electrons. The molecule has 6 nitrogen and oxygen atoms in total. The summed E-state index contributed by atoms with van der Waals surface area (Å²) < 4.78 is 5.97. The third kappa shape index (κ3) is 5.04. The first kappa shape index (κ1) is 20.5. The summed E-state index contributed by atoms with van der Waals surface area (Å²) in [4.78, 5) is 24.2. The number of hydrogen-bond donors (Lipinski definition) is 3. The summed E-state index contributed by atoms with van der Waals surface area (Å²) >= 11 is 0. The first-order chi connectivity index (χ1) is 15.0. The van der Waals surface area contributed by atoms with Crippen molar-refractivity contribution in [2.75, 3.05) is 10.6 Å². The minimum Gasteiger partial charge on any atom is -0.455 e. The molecule has 3 amide bonds. The summed E-state index contributed by atoms with van der Waals surface area (Å²) in [5.41, 5.74) is 4.59. The van der Waals surface area contributed by atoms with Crippen molar-refractivity contribution in [2.24, 2.45) is 0 Å². The summed E-state index contributed by atoms with van der Waals surface area (Å²) in [6.45, 7) is 3.93. The highest BCUT2D eigenvalue weighted by atomic mass is 16.5. The van der Waals surface area contributed by atoms with E-state index < -0.39 is 0 Å². The zero-order chi connectivity index (χ0) is 21.8. The van der Waals surface area contributed by atoms with Crippen molar-refractivity contribution in [1.82, 2.24) is 5.32 Å². The zero-order valence-electron chi connectivity index (χ0n) is 17.6. The van der Waals surface area contributed by atoms with Crippen LogP contribution in [0.15, 0.2) is 66.7 Å². The fourth-order valence-electron chi connectivity index (χ4n) is 3.58. The average Bonchev–Trinajstić information content (AvgIpc) is 2.74. The number of anilines is 2. The van der Waals surface area contributed by atoms with E-state index >= 15 is 0 Å². The molecule has 0 aliphatic carbocycles. The van der Waals surface area contributed by atoms with Gasteiger partial charge in [-0.15, -0.1) is 0 Å². The lowest BCUT2D eigenvalue weighted by atomic mass is 9.98. The Balaban J connectivity index is 1.43. The Morgan fingerprint density at radius 3 is 2.71 bits per heavy atom. The average molecular weight is 415 g/mol. The van der Waals surface area contributed by atoms with Crippen LogP contribution in [-0.2, 0) is 11.2 Å². The van der Waals surface area contributed by atoms with Crippen LogP contribution in [0, 0.1) is 6.92 Å². The van der Waals surface area contributed by atoms with E-state index in [-0.39, 0.29) is 18.0 Å². The molecule has 0 aromatic heterocycles. The number of hydrogen-bond acceptors (Lipinski definition) is 3. The first-order valence-corrected chi connectivity index (χ1v) is 10.3. The van der Waals surface area contributed by atoms with Gasteiger partial charge < -0.3 is 20.7 Å². The molecule has 3 N–H and O–H groups in total. The van der Waals surface area contributed by atoms with E-state index in [0.717, 1.165) is 22.4 Å². The predicted octanol–water partition coefficient (Wildman–Crippen LogP) is 5.55. The number of para-hydroxylation sites is 2. The van der Waals surface area contributed by atoms with Crippen molar-refractivity contribution in [3.63, 3.8) is 0 Å². The van der Waals surface area contributed by atoms with Crippen molar-refractivity contribution in [3.8, 4) is 11.5 Å². The number of urea groups is 1. The Kier molecular flexibility index (Phi) is 5.89. The normalized spacial score (nSPS) is 13.5. The number of fused-ring (bicyclic) bond motifs is 1. The SMILES string of the molecule is Cc1cccc(Oc2ccccc2NC(=O)NC(C)c2ccc3c(c2)CCC(=O)N3)c1.